The smallest absolute Gasteiger partial charge is 0.0701 e. The highest BCUT2D eigenvalue weighted by atomic mass is 79.9. The molecule has 0 aromatic carbocycles. The number of aryl methyl sites for hydroxylation is 2. The Morgan fingerprint density at radius 1 is 1.39 bits per heavy atom. The van der Waals surface area contributed by atoms with Gasteiger partial charge in [0, 0.05) is 11.3 Å². The third kappa shape index (κ3) is 3.14. The quantitative estimate of drug-likeness (QED) is 0.669. The first-order valence-corrected chi connectivity index (χ1v) is 7.22. The largest absolute Gasteiger partial charge is 0.271 e. The number of nitrogens with one attached hydrogen (secondary N) is 1. The summed E-state index contributed by atoms with van der Waals surface area (Å²) in [6, 6.07) is 6.26. The van der Waals surface area contributed by atoms with Gasteiger partial charge in [-0.2, -0.15) is 10.2 Å². The lowest BCUT2D eigenvalue weighted by Gasteiger charge is -2.17. The van der Waals surface area contributed by atoms with Gasteiger partial charge in [0.25, 0.3) is 0 Å². The maximum Gasteiger partial charge on any atom is 0.0701 e. The number of hydrogen-bond donors (Lipinski definition) is 2. The van der Waals surface area contributed by atoms with Gasteiger partial charge in [0.2, 0.25) is 0 Å². The summed E-state index contributed by atoms with van der Waals surface area (Å²) in [5, 5.41) is 8.19. The minimum absolute atomic E-state index is 0.0600. The third-order valence-corrected chi connectivity index (χ3v) is 4.40. The fraction of sp³-hybridized carbons (Fsp3) is 0.333. The first kappa shape index (κ1) is 13.6. The normalized spacial score (nSPS) is 12.7. The predicted molar refractivity (Wildman–Crippen MR) is 77.3 cm³/mol. The van der Waals surface area contributed by atoms with Crippen molar-refractivity contribution in [2.45, 2.75) is 26.3 Å². The average Bonchev–Trinajstić information content (AvgIpc) is 2.75. The molecule has 4 nitrogen and oxygen atoms in total. The topological polar surface area (TPSA) is 63.8 Å². The summed E-state index contributed by atoms with van der Waals surface area (Å²) in [5.74, 6) is 5.67. The molecule has 0 aliphatic rings. The van der Waals surface area contributed by atoms with Gasteiger partial charge < -0.3 is 0 Å². The van der Waals surface area contributed by atoms with E-state index in [1.54, 1.807) is 11.3 Å². The summed E-state index contributed by atoms with van der Waals surface area (Å²) in [7, 11) is 0. The minimum Gasteiger partial charge on any atom is -0.271 e. The molecule has 1 atom stereocenters. The fourth-order valence-electron chi connectivity index (χ4n) is 1.84. The van der Waals surface area contributed by atoms with Crippen molar-refractivity contribution in [3.05, 3.63) is 43.8 Å². The number of rotatable bonds is 4. The van der Waals surface area contributed by atoms with E-state index in [2.05, 4.69) is 43.7 Å². The summed E-state index contributed by atoms with van der Waals surface area (Å²) >= 11 is 5.19. The van der Waals surface area contributed by atoms with Crippen molar-refractivity contribution in [2.75, 3.05) is 0 Å². The van der Waals surface area contributed by atoms with Crippen LogP contribution in [0.4, 0.5) is 0 Å². The lowest BCUT2D eigenvalue weighted by Crippen LogP contribution is -2.30. The summed E-state index contributed by atoms with van der Waals surface area (Å²) in [4.78, 5) is 1.28. The number of halogens is 1. The number of thiophene rings is 1. The molecule has 0 fully saturated rings. The summed E-state index contributed by atoms with van der Waals surface area (Å²) in [6.45, 7) is 3.89. The Hall–Kier alpha value is -0.820. The van der Waals surface area contributed by atoms with Crippen LogP contribution in [0, 0.1) is 13.8 Å². The van der Waals surface area contributed by atoms with Gasteiger partial charge in [-0.05, 0) is 53.5 Å². The van der Waals surface area contributed by atoms with E-state index in [4.69, 9.17) is 5.84 Å². The van der Waals surface area contributed by atoms with Gasteiger partial charge >= 0.3 is 0 Å². The lowest BCUT2D eigenvalue weighted by molar-refractivity contribution is 0.547. The number of aromatic nitrogens is 2. The minimum atomic E-state index is 0.0600. The van der Waals surface area contributed by atoms with Crippen molar-refractivity contribution in [1.82, 2.24) is 15.6 Å². The van der Waals surface area contributed by atoms with Crippen LogP contribution < -0.4 is 11.3 Å². The molecule has 1 unspecified atom stereocenters. The molecule has 18 heavy (non-hydrogen) atoms. The lowest BCUT2D eigenvalue weighted by atomic mass is 10.0. The van der Waals surface area contributed by atoms with Crippen molar-refractivity contribution in [2.24, 2.45) is 5.84 Å². The van der Waals surface area contributed by atoms with E-state index < -0.39 is 0 Å². The molecule has 0 saturated heterocycles. The molecule has 3 N–H and O–H groups in total. The van der Waals surface area contributed by atoms with Crippen LogP contribution in [-0.2, 0) is 6.42 Å². The van der Waals surface area contributed by atoms with Crippen LogP contribution in [0.2, 0.25) is 0 Å². The number of nitrogens with two attached hydrogens (primary N) is 1. The van der Waals surface area contributed by atoms with Gasteiger partial charge in [0.05, 0.1) is 21.2 Å². The molecule has 0 aliphatic carbocycles. The van der Waals surface area contributed by atoms with Gasteiger partial charge in [0.15, 0.2) is 0 Å². The van der Waals surface area contributed by atoms with Crippen molar-refractivity contribution in [3.63, 3.8) is 0 Å². The highest BCUT2D eigenvalue weighted by Gasteiger charge is 2.15. The Balaban J connectivity index is 2.25. The first-order valence-electron chi connectivity index (χ1n) is 5.61. The van der Waals surface area contributed by atoms with Crippen LogP contribution in [0.25, 0.3) is 0 Å². The van der Waals surface area contributed by atoms with Gasteiger partial charge in [-0.3, -0.25) is 11.3 Å². The Kier molecular flexibility index (Phi) is 4.45. The van der Waals surface area contributed by atoms with Crippen molar-refractivity contribution >= 4 is 27.3 Å². The molecule has 96 valence electrons. The van der Waals surface area contributed by atoms with Crippen LogP contribution in [0.5, 0.6) is 0 Å². The van der Waals surface area contributed by atoms with E-state index >= 15 is 0 Å². The Morgan fingerprint density at radius 3 is 2.78 bits per heavy atom. The molecule has 2 aromatic rings. The molecule has 2 heterocycles. The van der Waals surface area contributed by atoms with E-state index in [0.29, 0.717) is 0 Å². The molecule has 0 spiro atoms. The van der Waals surface area contributed by atoms with E-state index in [0.717, 1.165) is 27.2 Å². The van der Waals surface area contributed by atoms with Crippen molar-refractivity contribution in [1.29, 1.82) is 0 Å². The summed E-state index contributed by atoms with van der Waals surface area (Å²) < 4.78 is 1.13. The van der Waals surface area contributed by atoms with E-state index in [9.17, 15) is 0 Å². The molecule has 0 bridgehead atoms. The fourth-order valence-corrected chi connectivity index (χ4v) is 3.37. The van der Waals surface area contributed by atoms with E-state index in [-0.39, 0.29) is 6.04 Å². The first-order chi connectivity index (χ1) is 8.60. The number of nitrogens with zero attached hydrogens (tertiary/aromatic N) is 2. The molecular formula is C12H15BrN4S. The van der Waals surface area contributed by atoms with E-state index in [1.807, 2.05) is 19.9 Å². The van der Waals surface area contributed by atoms with Crippen molar-refractivity contribution in [3.8, 4) is 0 Å². The van der Waals surface area contributed by atoms with Gasteiger partial charge in [-0.1, -0.05) is 0 Å². The van der Waals surface area contributed by atoms with Crippen LogP contribution in [0.3, 0.4) is 0 Å². The second-order valence-electron chi connectivity index (χ2n) is 4.16. The Labute approximate surface area is 119 Å². The predicted octanol–water partition coefficient (Wildman–Crippen LogP) is 2.66. The molecule has 0 amide bonds. The maximum atomic E-state index is 5.67. The monoisotopic (exact) mass is 326 g/mol. The molecule has 6 heteroatoms. The Bertz CT molecular complexity index is 541. The molecule has 2 rings (SSSR count). The van der Waals surface area contributed by atoms with Gasteiger partial charge in [0.1, 0.15) is 0 Å². The maximum absolute atomic E-state index is 5.67. The summed E-state index contributed by atoms with van der Waals surface area (Å²) in [5.41, 5.74) is 5.80. The Morgan fingerprint density at radius 2 is 2.17 bits per heavy atom. The highest BCUT2D eigenvalue weighted by molar-refractivity contribution is 9.11. The van der Waals surface area contributed by atoms with Gasteiger partial charge in [-0.25, -0.2) is 0 Å². The molecule has 0 aliphatic heterocycles. The number of hydrazine groups is 1. The van der Waals surface area contributed by atoms with Gasteiger partial charge in [-0.15, -0.1) is 11.3 Å². The molecule has 0 radical (unpaired) electrons. The zero-order valence-corrected chi connectivity index (χ0v) is 12.7. The zero-order chi connectivity index (χ0) is 13.1. The SMILES string of the molecule is Cc1cc(C(Cc2ccc(Br)s2)NN)c(C)nn1. The third-order valence-electron chi connectivity index (χ3n) is 2.75. The van der Waals surface area contributed by atoms with E-state index in [1.165, 1.54) is 4.88 Å². The zero-order valence-electron chi connectivity index (χ0n) is 10.3. The van der Waals surface area contributed by atoms with Crippen LogP contribution in [-0.4, -0.2) is 10.2 Å². The van der Waals surface area contributed by atoms with Crippen LogP contribution in [0.1, 0.15) is 27.9 Å². The number of hydrogen-bond acceptors (Lipinski definition) is 5. The molecular weight excluding hydrogens is 312 g/mol. The van der Waals surface area contributed by atoms with Crippen LogP contribution >= 0.6 is 27.3 Å². The standard InChI is InChI=1S/C12H15BrN4S/c1-7-5-10(8(2)17-16-7)11(15-14)6-9-3-4-12(13)18-9/h3-5,11,15H,6,14H2,1-2H3. The summed E-state index contributed by atoms with van der Waals surface area (Å²) in [6.07, 6.45) is 0.846. The molecule has 0 saturated carbocycles. The van der Waals surface area contributed by atoms with Crippen molar-refractivity contribution < 1.29 is 0 Å². The second-order valence-corrected chi connectivity index (χ2v) is 6.70. The average molecular weight is 327 g/mol. The highest BCUT2D eigenvalue weighted by Crippen LogP contribution is 2.27. The second kappa shape index (κ2) is 5.88. The van der Waals surface area contributed by atoms with Crippen LogP contribution in [0.15, 0.2) is 22.0 Å². The molecule has 2 aromatic heterocycles.